The standard InChI is InChI=1S/C36H21ClS2/c37-24-15-18-36-32(21-24)31-20-23(14-17-35(31)39-36)22-13-16-34-30(19-22)28-10-4-2-8-26(28)25-7-1-3-9-27(25)29-11-5-6-12-33(29)38-34/h1-21H. The number of benzene rings is 6. The third-order valence-corrected chi connectivity index (χ3v) is 10.1. The average molecular weight is 553 g/mol. The topological polar surface area (TPSA) is 0 Å². The van der Waals surface area contributed by atoms with E-state index in [4.69, 9.17) is 11.6 Å². The lowest BCUT2D eigenvalue weighted by Gasteiger charge is -2.06. The van der Waals surface area contributed by atoms with Gasteiger partial charge in [0.05, 0.1) is 0 Å². The highest BCUT2D eigenvalue weighted by molar-refractivity contribution is 7.26. The molecule has 0 aliphatic rings. The number of rotatable bonds is 1. The van der Waals surface area contributed by atoms with Crippen LogP contribution >= 0.6 is 34.3 Å². The number of hydrogen-bond acceptors (Lipinski definition) is 2. The first-order valence-corrected chi connectivity index (χ1v) is 15.0. The van der Waals surface area contributed by atoms with Gasteiger partial charge in [-0.15, -0.1) is 22.7 Å². The van der Waals surface area contributed by atoms with Gasteiger partial charge >= 0.3 is 0 Å². The lowest BCUT2D eigenvalue weighted by molar-refractivity contribution is 1.72. The Kier molecular flexibility index (Phi) is 5.34. The van der Waals surface area contributed by atoms with Gasteiger partial charge in [0.25, 0.3) is 0 Å². The molecule has 0 nitrogen and oxygen atoms in total. The Balaban J connectivity index is 1.50. The molecule has 0 saturated heterocycles. The fourth-order valence-corrected chi connectivity index (χ4v) is 8.07. The van der Waals surface area contributed by atoms with Gasteiger partial charge in [0, 0.05) is 40.0 Å². The van der Waals surface area contributed by atoms with Gasteiger partial charge in [-0.05, 0) is 86.6 Å². The molecule has 0 spiro atoms. The number of fused-ring (bicyclic) bond motifs is 10. The molecule has 39 heavy (non-hydrogen) atoms. The summed E-state index contributed by atoms with van der Waals surface area (Å²) < 4.78 is 5.09. The minimum Gasteiger partial charge on any atom is -0.135 e. The van der Waals surface area contributed by atoms with E-state index in [0.717, 1.165) is 5.02 Å². The van der Waals surface area contributed by atoms with E-state index in [1.807, 2.05) is 28.7 Å². The predicted molar refractivity (Wildman–Crippen MR) is 175 cm³/mol. The Bertz CT molecular complexity index is 2300. The summed E-state index contributed by atoms with van der Waals surface area (Å²) in [6.45, 7) is 0. The number of thiophene rings is 1. The van der Waals surface area contributed by atoms with Crippen LogP contribution in [-0.4, -0.2) is 0 Å². The van der Waals surface area contributed by atoms with E-state index < -0.39 is 0 Å². The van der Waals surface area contributed by atoms with Crippen LogP contribution in [0, 0.1) is 0 Å². The molecular formula is C36H21ClS2. The zero-order valence-corrected chi connectivity index (χ0v) is 23.2. The zero-order chi connectivity index (χ0) is 25.9. The molecule has 0 N–H and O–H groups in total. The number of halogens is 1. The third kappa shape index (κ3) is 3.79. The van der Waals surface area contributed by atoms with Crippen molar-refractivity contribution < 1.29 is 0 Å². The molecule has 0 aliphatic heterocycles. The van der Waals surface area contributed by atoms with Crippen LogP contribution in [0.1, 0.15) is 0 Å². The Labute approximate surface area is 238 Å². The lowest BCUT2D eigenvalue weighted by atomic mass is 9.98. The van der Waals surface area contributed by atoms with Gasteiger partial charge in [-0.3, -0.25) is 0 Å². The van der Waals surface area contributed by atoms with Crippen LogP contribution in [0.4, 0.5) is 0 Å². The molecule has 0 atom stereocenters. The van der Waals surface area contributed by atoms with E-state index in [2.05, 4.69) is 121 Å². The molecule has 8 rings (SSSR count). The highest BCUT2D eigenvalue weighted by atomic mass is 35.5. The Morgan fingerprint density at radius 1 is 0.333 bits per heavy atom. The molecule has 8 aromatic rings. The molecule has 0 bridgehead atoms. The monoisotopic (exact) mass is 552 g/mol. The highest BCUT2D eigenvalue weighted by Crippen LogP contribution is 2.40. The van der Waals surface area contributed by atoms with Crippen molar-refractivity contribution in [3.8, 4) is 11.1 Å². The second-order valence-corrected chi connectivity index (χ2v) is 12.5. The van der Waals surface area contributed by atoms with Crippen molar-refractivity contribution in [2.75, 3.05) is 0 Å². The van der Waals surface area contributed by atoms with E-state index in [0.29, 0.717) is 0 Å². The zero-order valence-electron chi connectivity index (χ0n) is 20.8. The van der Waals surface area contributed by atoms with Crippen molar-refractivity contribution in [2.24, 2.45) is 0 Å². The van der Waals surface area contributed by atoms with E-state index >= 15 is 0 Å². The van der Waals surface area contributed by atoms with Crippen LogP contribution < -0.4 is 0 Å². The minimum absolute atomic E-state index is 0.777. The molecule has 2 heterocycles. The molecule has 2 aromatic heterocycles. The summed E-state index contributed by atoms with van der Waals surface area (Å²) in [7, 11) is 0. The first-order valence-electron chi connectivity index (χ1n) is 13.0. The fraction of sp³-hybridized carbons (Fsp3) is 0. The molecule has 0 radical (unpaired) electrons. The van der Waals surface area contributed by atoms with Crippen molar-refractivity contribution in [2.45, 2.75) is 0 Å². The van der Waals surface area contributed by atoms with Crippen LogP contribution in [0.5, 0.6) is 0 Å². The minimum atomic E-state index is 0.777. The maximum absolute atomic E-state index is 6.38. The molecule has 0 saturated carbocycles. The van der Waals surface area contributed by atoms with Gasteiger partial charge in [0.1, 0.15) is 0 Å². The van der Waals surface area contributed by atoms with E-state index in [9.17, 15) is 0 Å². The fourth-order valence-electron chi connectivity index (χ4n) is 5.74. The second-order valence-electron chi connectivity index (χ2n) is 9.85. The third-order valence-electron chi connectivity index (χ3n) is 7.58. The molecule has 0 fully saturated rings. The molecule has 6 aromatic carbocycles. The van der Waals surface area contributed by atoms with Crippen molar-refractivity contribution in [3.63, 3.8) is 0 Å². The molecular weight excluding hydrogens is 532 g/mol. The molecule has 0 aliphatic carbocycles. The summed E-state index contributed by atoms with van der Waals surface area (Å²) in [6, 6.07) is 46.3. The van der Waals surface area contributed by atoms with Crippen LogP contribution in [0.2, 0.25) is 5.02 Å². The first kappa shape index (κ1) is 23.0. The van der Waals surface area contributed by atoms with E-state index in [1.54, 1.807) is 0 Å². The van der Waals surface area contributed by atoms with Gasteiger partial charge in [-0.2, -0.15) is 0 Å². The Morgan fingerprint density at radius 2 is 0.718 bits per heavy atom. The molecule has 3 heteroatoms. The maximum Gasteiger partial charge on any atom is 0.0413 e. The smallest absolute Gasteiger partial charge is 0.0413 e. The average Bonchev–Trinajstić information content (AvgIpc) is 3.36. The van der Waals surface area contributed by atoms with Crippen molar-refractivity contribution >= 4 is 96.2 Å². The summed E-state index contributed by atoms with van der Waals surface area (Å²) in [5.41, 5.74) is 2.43. The van der Waals surface area contributed by atoms with Crippen molar-refractivity contribution in [3.05, 3.63) is 132 Å². The largest absolute Gasteiger partial charge is 0.135 e. The first-order chi connectivity index (χ1) is 19.2. The van der Waals surface area contributed by atoms with Gasteiger partial charge in [0.2, 0.25) is 0 Å². The summed E-state index contributed by atoms with van der Waals surface area (Å²) in [5, 5.41) is 10.9. The molecule has 0 unspecified atom stereocenters. The SMILES string of the molecule is Clc1ccc2sc3ccc(-c4ccc5sc6ccccc6c6ccccc6c6ccccc6c5c4)cc3c2c1. The quantitative estimate of drug-likeness (QED) is 0.190. The molecule has 0 amide bonds. The van der Waals surface area contributed by atoms with Gasteiger partial charge in [-0.1, -0.05) is 90.5 Å². The van der Waals surface area contributed by atoms with Gasteiger partial charge < -0.3 is 0 Å². The molecule has 184 valence electrons. The van der Waals surface area contributed by atoms with Gasteiger partial charge in [-0.25, -0.2) is 0 Å². The van der Waals surface area contributed by atoms with Crippen LogP contribution in [0.15, 0.2) is 127 Å². The highest BCUT2D eigenvalue weighted by Gasteiger charge is 2.10. The van der Waals surface area contributed by atoms with Crippen LogP contribution in [0.3, 0.4) is 0 Å². The second kappa shape index (κ2) is 9.07. The number of hydrogen-bond donors (Lipinski definition) is 0. The Morgan fingerprint density at radius 3 is 1.31 bits per heavy atom. The Hall–Kier alpha value is -3.95. The normalized spacial score (nSPS) is 11.7. The van der Waals surface area contributed by atoms with Crippen LogP contribution in [0.25, 0.3) is 73.0 Å². The van der Waals surface area contributed by atoms with Crippen LogP contribution in [-0.2, 0) is 0 Å². The summed E-state index contributed by atoms with van der Waals surface area (Å²) in [6.07, 6.45) is 0. The van der Waals surface area contributed by atoms with E-state index in [-0.39, 0.29) is 0 Å². The van der Waals surface area contributed by atoms with Crippen molar-refractivity contribution in [1.29, 1.82) is 0 Å². The van der Waals surface area contributed by atoms with Crippen molar-refractivity contribution in [1.82, 2.24) is 0 Å². The summed E-state index contributed by atoms with van der Waals surface area (Å²) in [5.74, 6) is 0. The van der Waals surface area contributed by atoms with Gasteiger partial charge in [0.15, 0.2) is 0 Å². The summed E-state index contributed by atoms with van der Waals surface area (Å²) in [4.78, 5) is 0. The summed E-state index contributed by atoms with van der Waals surface area (Å²) >= 11 is 10.1. The van der Waals surface area contributed by atoms with E-state index in [1.165, 1.54) is 73.0 Å². The predicted octanol–water partition coefficient (Wildman–Crippen LogP) is 12.2. The maximum atomic E-state index is 6.38. The lowest BCUT2D eigenvalue weighted by Crippen LogP contribution is -1.80.